The fourth-order valence-electron chi connectivity index (χ4n) is 2.58. The zero-order valence-electron chi connectivity index (χ0n) is 12.0. The molecule has 1 fully saturated rings. The SMILES string of the molecule is CCCCCc1ccc(C2CC2C(=O)OCC)cc1. The lowest BCUT2D eigenvalue weighted by atomic mass is 10.0. The number of hydrogen-bond donors (Lipinski definition) is 0. The van der Waals surface area contributed by atoms with Gasteiger partial charge in [0.05, 0.1) is 12.5 Å². The lowest BCUT2D eigenvalue weighted by Crippen LogP contribution is -2.07. The Morgan fingerprint density at radius 2 is 1.95 bits per heavy atom. The highest BCUT2D eigenvalue weighted by Crippen LogP contribution is 2.48. The van der Waals surface area contributed by atoms with E-state index in [1.165, 1.54) is 36.8 Å². The first-order valence-electron chi connectivity index (χ1n) is 7.51. The largest absolute Gasteiger partial charge is 0.466 e. The van der Waals surface area contributed by atoms with Gasteiger partial charge in [-0.05, 0) is 43.2 Å². The van der Waals surface area contributed by atoms with Crippen molar-refractivity contribution in [2.24, 2.45) is 5.92 Å². The number of esters is 1. The molecule has 0 spiro atoms. The van der Waals surface area contributed by atoms with Gasteiger partial charge in [-0.25, -0.2) is 0 Å². The van der Waals surface area contributed by atoms with Gasteiger partial charge in [-0.1, -0.05) is 44.0 Å². The van der Waals surface area contributed by atoms with Gasteiger partial charge >= 0.3 is 5.97 Å². The third-order valence-corrected chi connectivity index (χ3v) is 3.86. The summed E-state index contributed by atoms with van der Waals surface area (Å²) in [5.41, 5.74) is 2.70. The van der Waals surface area contributed by atoms with Crippen molar-refractivity contribution in [2.75, 3.05) is 6.61 Å². The average Bonchev–Trinajstić information content (AvgIpc) is 3.20. The second-order valence-electron chi connectivity index (χ2n) is 5.40. The van der Waals surface area contributed by atoms with Gasteiger partial charge in [0, 0.05) is 0 Å². The van der Waals surface area contributed by atoms with Crippen LogP contribution in [-0.4, -0.2) is 12.6 Å². The highest BCUT2D eigenvalue weighted by molar-refractivity contribution is 5.77. The maximum atomic E-state index is 11.6. The molecular formula is C17H24O2. The van der Waals surface area contributed by atoms with Gasteiger partial charge in [0.15, 0.2) is 0 Å². The molecule has 0 amide bonds. The van der Waals surface area contributed by atoms with E-state index in [0.29, 0.717) is 12.5 Å². The first kappa shape index (κ1) is 14.1. The van der Waals surface area contributed by atoms with Crippen LogP contribution in [0.2, 0.25) is 0 Å². The van der Waals surface area contributed by atoms with Crippen molar-refractivity contribution in [1.29, 1.82) is 0 Å². The highest BCUT2D eigenvalue weighted by atomic mass is 16.5. The summed E-state index contributed by atoms with van der Waals surface area (Å²) in [7, 11) is 0. The number of hydrogen-bond acceptors (Lipinski definition) is 2. The summed E-state index contributed by atoms with van der Waals surface area (Å²) in [5, 5.41) is 0. The Bertz CT molecular complexity index is 408. The molecule has 2 rings (SSSR count). The molecular weight excluding hydrogens is 236 g/mol. The van der Waals surface area contributed by atoms with E-state index in [2.05, 4.69) is 31.2 Å². The fraction of sp³-hybridized carbons (Fsp3) is 0.588. The summed E-state index contributed by atoms with van der Waals surface area (Å²) in [6.45, 7) is 4.57. The van der Waals surface area contributed by atoms with E-state index in [1.807, 2.05) is 6.92 Å². The number of unbranched alkanes of at least 4 members (excludes halogenated alkanes) is 2. The van der Waals surface area contributed by atoms with Gasteiger partial charge in [-0.3, -0.25) is 4.79 Å². The molecule has 0 radical (unpaired) electrons. The first-order chi connectivity index (χ1) is 9.26. The van der Waals surface area contributed by atoms with Crippen LogP contribution in [-0.2, 0) is 16.0 Å². The zero-order valence-corrected chi connectivity index (χ0v) is 12.0. The van der Waals surface area contributed by atoms with E-state index < -0.39 is 0 Å². The van der Waals surface area contributed by atoms with Gasteiger partial charge in [0.1, 0.15) is 0 Å². The Morgan fingerprint density at radius 3 is 2.58 bits per heavy atom. The van der Waals surface area contributed by atoms with Crippen molar-refractivity contribution in [1.82, 2.24) is 0 Å². The second-order valence-corrected chi connectivity index (χ2v) is 5.40. The zero-order chi connectivity index (χ0) is 13.7. The van der Waals surface area contributed by atoms with Gasteiger partial charge in [0.25, 0.3) is 0 Å². The highest BCUT2D eigenvalue weighted by Gasteiger charge is 2.44. The molecule has 104 valence electrons. The lowest BCUT2D eigenvalue weighted by Gasteiger charge is -2.04. The van der Waals surface area contributed by atoms with Crippen molar-refractivity contribution in [3.05, 3.63) is 35.4 Å². The number of carbonyl (C=O) groups excluding carboxylic acids is 1. The molecule has 2 nitrogen and oxygen atoms in total. The van der Waals surface area contributed by atoms with Crippen LogP contribution < -0.4 is 0 Å². The van der Waals surface area contributed by atoms with Crippen LogP contribution in [0.1, 0.15) is 56.6 Å². The number of ether oxygens (including phenoxy) is 1. The number of rotatable bonds is 7. The Kier molecular flexibility index (Phi) is 5.00. The first-order valence-corrected chi connectivity index (χ1v) is 7.51. The molecule has 2 atom stereocenters. The topological polar surface area (TPSA) is 26.3 Å². The third kappa shape index (κ3) is 3.82. The van der Waals surface area contributed by atoms with Crippen LogP contribution in [0.3, 0.4) is 0 Å². The van der Waals surface area contributed by atoms with Gasteiger partial charge in [-0.2, -0.15) is 0 Å². The number of benzene rings is 1. The standard InChI is InChI=1S/C17H24O2/c1-3-5-6-7-13-8-10-14(11-9-13)15-12-16(15)17(18)19-4-2/h8-11,15-16H,3-7,12H2,1-2H3. The van der Waals surface area contributed by atoms with Gasteiger partial charge in [-0.15, -0.1) is 0 Å². The minimum atomic E-state index is -0.0282. The van der Waals surface area contributed by atoms with E-state index >= 15 is 0 Å². The van der Waals surface area contributed by atoms with Crippen LogP contribution >= 0.6 is 0 Å². The van der Waals surface area contributed by atoms with Crippen molar-refractivity contribution < 1.29 is 9.53 Å². The molecule has 0 saturated heterocycles. The van der Waals surface area contributed by atoms with E-state index in [-0.39, 0.29) is 11.9 Å². The smallest absolute Gasteiger partial charge is 0.309 e. The molecule has 1 aromatic rings. The lowest BCUT2D eigenvalue weighted by molar-refractivity contribution is -0.144. The van der Waals surface area contributed by atoms with Crippen LogP contribution in [0.25, 0.3) is 0 Å². The predicted molar refractivity (Wildman–Crippen MR) is 77.2 cm³/mol. The van der Waals surface area contributed by atoms with Crippen molar-refractivity contribution >= 4 is 5.97 Å². The molecule has 0 N–H and O–H groups in total. The molecule has 0 aromatic heterocycles. The minimum absolute atomic E-state index is 0.0282. The quantitative estimate of drug-likeness (QED) is 0.545. The maximum absolute atomic E-state index is 11.6. The average molecular weight is 260 g/mol. The summed E-state index contributed by atoms with van der Waals surface area (Å²) < 4.78 is 5.07. The molecule has 0 heterocycles. The molecule has 1 saturated carbocycles. The number of carbonyl (C=O) groups is 1. The van der Waals surface area contributed by atoms with Crippen molar-refractivity contribution in [2.45, 2.75) is 51.9 Å². The van der Waals surface area contributed by atoms with Crippen molar-refractivity contribution in [3.8, 4) is 0 Å². The Balaban J connectivity index is 1.84. The van der Waals surface area contributed by atoms with E-state index in [9.17, 15) is 4.79 Å². The molecule has 0 bridgehead atoms. The summed E-state index contributed by atoms with van der Waals surface area (Å²) in [6, 6.07) is 8.80. The van der Waals surface area contributed by atoms with E-state index in [0.717, 1.165) is 6.42 Å². The molecule has 1 aliphatic carbocycles. The summed E-state index contributed by atoms with van der Waals surface area (Å²) >= 11 is 0. The molecule has 0 aliphatic heterocycles. The monoisotopic (exact) mass is 260 g/mol. The summed E-state index contributed by atoms with van der Waals surface area (Å²) in [4.78, 5) is 11.6. The van der Waals surface area contributed by atoms with Gasteiger partial charge in [0.2, 0.25) is 0 Å². The Hall–Kier alpha value is -1.31. The Labute approximate surface area is 116 Å². The molecule has 1 aliphatic rings. The van der Waals surface area contributed by atoms with Crippen LogP contribution in [0.15, 0.2) is 24.3 Å². The van der Waals surface area contributed by atoms with Crippen LogP contribution in [0.5, 0.6) is 0 Å². The molecule has 19 heavy (non-hydrogen) atoms. The second kappa shape index (κ2) is 6.74. The number of aryl methyl sites for hydroxylation is 1. The minimum Gasteiger partial charge on any atom is -0.466 e. The molecule has 1 aromatic carbocycles. The van der Waals surface area contributed by atoms with Gasteiger partial charge < -0.3 is 4.74 Å². The summed E-state index contributed by atoms with van der Waals surface area (Å²) in [6.07, 6.45) is 5.95. The maximum Gasteiger partial charge on any atom is 0.309 e. The molecule has 2 heteroatoms. The van der Waals surface area contributed by atoms with Crippen LogP contribution in [0, 0.1) is 5.92 Å². The van der Waals surface area contributed by atoms with E-state index in [1.54, 1.807) is 0 Å². The Morgan fingerprint density at radius 1 is 1.21 bits per heavy atom. The normalized spacial score (nSPS) is 21.2. The van der Waals surface area contributed by atoms with E-state index in [4.69, 9.17) is 4.74 Å². The van der Waals surface area contributed by atoms with Crippen molar-refractivity contribution in [3.63, 3.8) is 0 Å². The predicted octanol–water partition coefficient (Wildman–Crippen LogP) is 4.09. The fourth-order valence-corrected chi connectivity index (χ4v) is 2.58. The van der Waals surface area contributed by atoms with Crippen LogP contribution in [0.4, 0.5) is 0 Å². The third-order valence-electron chi connectivity index (χ3n) is 3.86. The molecule has 2 unspecified atom stereocenters. The summed E-state index contributed by atoms with van der Waals surface area (Å²) in [5.74, 6) is 0.467.